The molecule has 1 N–H and O–H groups in total. The normalized spacial score (nSPS) is 18.3. The van der Waals surface area contributed by atoms with Gasteiger partial charge in [0.2, 0.25) is 11.8 Å². The lowest BCUT2D eigenvalue weighted by Gasteiger charge is -2.23. The zero-order valence-corrected chi connectivity index (χ0v) is 15.2. The van der Waals surface area contributed by atoms with E-state index >= 15 is 0 Å². The topological polar surface area (TPSA) is 65.8 Å². The molecule has 0 radical (unpaired) electrons. The second kappa shape index (κ2) is 8.19. The van der Waals surface area contributed by atoms with Crippen LogP contribution in [-0.4, -0.2) is 48.8 Å². The van der Waals surface area contributed by atoms with E-state index in [1.54, 1.807) is 11.2 Å². The summed E-state index contributed by atoms with van der Waals surface area (Å²) in [5, 5.41) is 2.98. The molecule has 1 aliphatic rings. The SMILES string of the molecule is CN(C)[C@@H](CNC(=O)[C@H]1CC(=O)N(Cc2ccccc2)C1)c1ccco1. The van der Waals surface area contributed by atoms with E-state index in [4.69, 9.17) is 4.42 Å². The molecule has 0 bridgehead atoms. The third kappa shape index (κ3) is 4.32. The zero-order valence-electron chi connectivity index (χ0n) is 15.2. The van der Waals surface area contributed by atoms with Crippen molar-refractivity contribution in [2.24, 2.45) is 5.92 Å². The van der Waals surface area contributed by atoms with Gasteiger partial charge in [-0.3, -0.25) is 14.5 Å². The van der Waals surface area contributed by atoms with Crippen molar-refractivity contribution in [3.05, 3.63) is 60.1 Å². The third-order valence-corrected chi connectivity index (χ3v) is 4.77. The van der Waals surface area contributed by atoms with Crippen LogP contribution in [0.4, 0.5) is 0 Å². The molecule has 2 aromatic rings. The number of furan rings is 1. The molecule has 138 valence electrons. The summed E-state index contributed by atoms with van der Waals surface area (Å²) in [4.78, 5) is 28.6. The standard InChI is InChI=1S/C20H25N3O3/c1-22(2)17(18-9-6-10-26-18)12-21-20(25)16-11-19(24)23(14-16)13-15-7-4-3-5-8-15/h3-10,16-17H,11-14H2,1-2H3,(H,21,25)/t16-,17-/m0/s1. The fourth-order valence-electron chi connectivity index (χ4n) is 3.26. The Hall–Kier alpha value is -2.60. The van der Waals surface area contributed by atoms with Crippen LogP contribution in [0.5, 0.6) is 0 Å². The average molecular weight is 355 g/mol. The van der Waals surface area contributed by atoms with E-state index in [2.05, 4.69) is 5.32 Å². The molecule has 2 atom stereocenters. The third-order valence-electron chi connectivity index (χ3n) is 4.77. The van der Waals surface area contributed by atoms with Crippen LogP contribution in [-0.2, 0) is 16.1 Å². The minimum absolute atomic E-state index is 0.0317. The van der Waals surface area contributed by atoms with Gasteiger partial charge in [0.05, 0.1) is 18.2 Å². The maximum Gasteiger partial charge on any atom is 0.225 e. The number of rotatable bonds is 7. The van der Waals surface area contributed by atoms with Crippen LogP contribution < -0.4 is 5.32 Å². The molecule has 26 heavy (non-hydrogen) atoms. The highest BCUT2D eigenvalue weighted by Crippen LogP contribution is 2.22. The first kappa shape index (κ1) is 18.2. The van der Waals surface area contributed by atoms with Gasteiger partial charge in [0.15, 0.2) is 0 Å². The van der Waals surface area contributed by atoms with Gasteiger partial charge >= 0.3 is 0 Å². The molecule has 1 aliphatic heterocycles. The van der Waals surface area contributed by atoms with Gasteiger partial charge in [-0.05, 0) is 31.8 Å². The highest BCUT2D eigenvalue weighted by molar-refractivity contribution is 5.89. The highest BCUT2D eigenvalue weighted by atomic mass is 16.3. The zero-order chi connectivity index (χ0) is 18.5. The summed E-state index contributed by atoms with van der Waals surface area (Å²) in [7, 11) is 3.89. The lowest BCUT2D eigenvalue weighted by Crippen LogP contribution is -2.38. The number of nitrogens with one attached hydrogen (secondary N) is 1. The second-order valence-electron chi connectivity index (χ2n) is 6.90. The molecule has 0 spiro atoms. The van der Waals surface area contributed by atoms with Crippen LogP contribution >= 0.6 is 0 Å². The van der Waals surface area contributed by atoms with Crippen molar-refractivity contribution in [3.63, 3.8) is 0 Å². The largest absolute Gasteiger partial charge is 0.468 e. The molecule has 1 saturated heterocycles. The Bertz CT molecular complexity index is 728. The average Bonchev–Trinajstić information content (AvgIpc) is 3.26. The predicted octanol–water partition coefficient (Wildman–Crippen LogP) is 2.05. The maximum absolute atomic E-state index is 12.5. The summed E-state index contributed by atoms with van der Waals surface area (Å²) in [5.41, 5.74) is 1.08. The van der Waals surface area contributed by atoms with Crippen molar-refractivity contribution in [1.82, 2.24) is 15.1 Å². The summed E-state index contributed by atoms with van der Waals surface area (Å²) >= 11 is 0. The van der Waals surface area contributed by atoms with Crippen molar-refractivity contribution < 1.29 is 14.0 Å². The van der Waals surface area contributed by atoms with Gasteiger partial charge in [0.1, 0.15) is 5.76 Å². The second-order valence-corrected chi connectivity index (χ2v) is 6.90. The van der Waals surface area contributed by atoms with Crippen LogP contribution in [0.15, 0.2) is 53.1 Å². The van der Waals surface area contributed by atoms with Gasteiger partial charge in [-0.1, -0.05) is 30.3 Å². The summed E-state index contributed by atoms with van der Waals surface area (Å²) in [5.74, 6) is 0.464. The van der Waals surface area contributed by atoms with Crippen LogP contribution in [0.25, 0.3) is 0 Å². The van der Waals surface area contributed by atoms with Crippen LogP contribution in [0.1, 0.15) is 23.8 Å². The van der Waals surface area contributed by atoms with Gasteiger partial charge in [0.25, 0.3) is 0 Å². The minimum atomic E-state index is -0.300. The molecule has 2 heterocycles. The Morgan fingerprint density at radius 3 is 2.69 bits per heavy atom. The van der Waals surface area contributed by atoms with Gasteiger partial charge in [0, 0.05) is 26.1 Å². The molecular weight excluding hydrogens is 330 g/mol. The Morgan fingerprint density at radius 1 is 1.27 bits per heavy atom. The lowest BCUT2D eigenvalue weighted by atomic mass is 10.1. The number of amides is 2. The molecule has 1 aromatic carbocycles. The van der Waals surface area contributed by atoms with E-state index < -0.39 is 0 Å². The summed E-state index contributed by atoms with van der Waals surface area (Å²) < 4.78 is 5.46. The van der Waals surface area contributed by atoms with E-state index in [0.717, 1.165) is 11.3 Å². The molecule has 6 nitrogen and oxygen atoms in total. The number of carbonyl (C=O) groups excluding carboxylic acids is 2. The van der Waals surface area contributed by atoms with Crippen LogP contribution in [0, 0.1) is 5.92 Å². The molecule has 0 unspecified atom stereocenters. The van der Waals surface area contributed by atoms with E-state index in [1.807, 2.05) is 61.5 Å². The van der Waals surface area contributed by atoms with Crippen molar-refractivity contribution >= 4 is 11.8 Å². The Morgan fingerprint density at radius 2 is 2.04 bits per heavy atom. The number of hydrogen-bond donors (Lipinski definition) is 1. The monoisotopic (exact) mass is 355 g/mol. The fourth-order valence-corrected chi connectivity index (χ4v) is 3.26. The molecule has 0 aliphatic carbocycles. The maximum atomic E-state index is 12.5. The van der Waals surface area contributed by atoms with Crippen molar-refractivity contribution in [2.75, 3.05) is 27.2 Å². The quantitative estimate of drug-likeness (QED) is 0.825. The van der Waals surface area contributed by atoms with E-state index in [9.17, 15) is 9.59 Å². The minimum Gasteiger partial charge on any atom is -0.468 e. The van der Waals surface area contributed by atoms with Crippen LogP contribution in [0.3, 0.4) is 0 Å². The highest BCUT2D eigenvalue weighted by Gasteiger charge is 2.34. The Kier molecular flexibility index (Phi) is 5.73. The Balaban J connectivity index is 1.54. The predicted molar refractivity (Wildman–Crippen MR) is 98.1 cm³/mol. The lowest BCUT2D eigenvalue weighted by molar-refractivity contribution is -0.129. The van der Waals surface area contributed by atoms with Crippen LogP contribution in [0.2, 0.25) is 0 Å². The number of likely N-dealkylation sites (tertiary alicyclic amines) is 1. The molecular formula is C20H25N3O3. The van der Waals surface area contributed by atoms with Gasteiger partial charge < -0.3 is 14.6 Å². The van der Waals surface area contributed by atoms with Gasteiger partial charge in [-0.2, -0.15) is 0 Å². The first-order valence-corrected chi connectivity index (χ1v) is 8.84. The smallest absolute Gasteiger partial charge is 0.225 e. The van der Waals surface area contributed by atoms with Gasteiger partial charge in [-0.25, -0.2) is 0 Å². The van der Waals surface area contributed by atoms with Crippen molar-refractivity contribution in [1.29, 1.82) is 0 Å². The molecule has 2 amide bonds. The van der Waals surface area contributed by atoms with E-state index in [1.165, 1.54) is 0 Å². The number of carbonyl (C=O) groups is 2. The van der Waals surface area contributed by atoms with Gasteiger partial charge in [-0.15, -0.1) is 0 Å². The number of benzene rings is 1. The van der Waals surface area contributed by atoms with Crippen molar-refractivity contribution in [2.45, 2.75) is 19.0 Å². The molecule has 3 rings (SSSR count). The Labute approximate surface area is 153 Å². The summed E-state index contributed by atoms with van der Waals surface area (Å²) in [6, 6.07) is 13.5. The molecule has 1 aromatic heterocycles. The summed E-state index contributed by atoms with van der Waals surface area (Å²) in [6.45, 7) is 1.46. The molecule has 0 saturated carbocycles. The first-order chi connectivity index (χ1) is 12.5. The number of likely N-dealkylation sites (N-methyl/N-ethyl adjacent to an activating group) is 1. The molecule has 1 fully saturated rings. The summed E-state index contributed by atoms with van der Waals surface area (Å²) in [6.07, 6.45) is 1.90. The molecule has 6 heteroatoms. The van der Waals surface area contributed by atoms with E-state index in [-0.39, 0.29) is 30.2 Å². The van der Waals surface area contributed by atoms with E-state index in [0.29, 0.717) is 19.6 Å². The van der Waals surface area contributed by atoms with Crippen molar-refractivity contribution in [3.8, 4) is 0 Å². The number of nitrogens with zero attached hydrogens (tertiary/aromatic N) is 2. The number of hydrogen-bond acceptors (Lipinski definition) is 4. The first-order valence-electron chi connectivity index (χ1n) is 8.84. The fraction of sp³-hybridized carbons (Fsp3) is 0.400.